The lowest BCUT2D eigenvalue weighted by atomic mass is 10.1. The van der Waals surface area contributed by atoms with Crippen molar-refractivity contribution >= 4 is 39.4 Å². The van der Waals surface area contributed by atoms with Crippen molar-refractivity contribution < 1.29 is 4.79 Å². The van der Waals surface area contributed by atoms with Crippen LogP contribution in [0.2, 0.25) is 0 Å². The van der Waals surface area contributed by atoms with Crippen LogP contribution in [0, 0.1) is 0 Å². The lowest BCUT2D eigenvalue weighted by Crippen LogP contribution is -2.38. The number of hydrogen-bond donors (Lipinski definition) is 1. The Morgan fingerprint density at radius 3 is 2.51 bits per heavy atom. The zero-order valence-electron chi connectivity index (χ0n) is 19.8. The van der Waals surface area contributed by atoms with Crippen molar-refractivity contribution in [3.63, 3.8) is 0 Å². The van der Waals surface area contributed by atoms with Crippen molar-refractivity contribution in [1.29, 1.82) is 0 Å². The van der Waals surface area contributed by atoms with Crippen molar-refractivity contribution in [1.82, 2.24) is 28.7 Å². The predicted molar refractivity (Wildman–Crippen MR) is 135 cm³/mol. The lowest BCUT2D eigenvalue weighted by molar-refractivity contribution is -0.118. The first-order valence-corrected chi connectivity index (χ1v) is 12.3. The van der Waals surface area contributed by atoms with E-state index < -0.39 is 17.3 Å². The number of carbonyl (C=O) groups excluding carboxylic acids is 1. The summed E-state index contributed by atoms with van der Waals surface area (Å²) < 4.78 is 4.01. The highest BCUT2D eigenvalue weighted by Gasteiger charge is 2.22. The first-order chi connectivity index (χ1) is 16.8. The molecule has 1 fully saturated rings. The van der Waals surface area contributed by atoms with E-state index in [1.807, 2.05) is 5.38 Å². The van der Waals surface area contributed by atoms with E-state index in [2.05, 4.69) is 25.2 Å². The molecule has 182 valence electrons. The molecule has 5 heterocycles. The van der Waals surface area contributed by atoms with Crippen LogP contribution >= 0.6 is 11.3 Å². The van der Waals surface area contributed by atoms with E-state index in [9.17, 15) is 14.4 Å². The number of aromatic nitrogens is 6. The molecule has 1 N–H and O–H groups in total. The van der Waals surface area contributed by atoms with Gasteiger partial charge in [-0.05, 0) is 32.3 Å². The Bertz CT molecular complexity index is 1510. The molecule has 0 spiro atoms. The van der Waals surface area contributed by atoms with Gasteiger partial charge in [0.15, 0.2) is 5.13 Å². The molecule has 1 saturated heterocycles. The molecule has 35 heavy (non-hydrogen) atoms. The summed E-state index contributed by atoms with van der Waals surface area (Å²) in [5, 5.41) is 5.11. The second kappa shape index (κ2) is 9.10. The third kappa shape index (κ3) is 4.14. The van der Waals surface area contributed by atoms with Gasteiger partial charge in [-0.15, -0.1) is 11.3 Å². The van der Waals surface area contributed by atoms with Gasteiger partial charge in [-0.1, -0.05) is 0 Å². The number of aryl methyl sites for hydroxylation is 1. The number of rotatable bonds is 5. The molecule has 11 nitrogen and oxygen atoms in total. The van der Waals surface area contributed by atoms with Crippen LogP contribution in [0.15, 0.2) is 39.6 Å². The summed E-state index contributed by atoms with van der Waals surface area (Å²) in [6.07, 6.45) is 8.72. The third-order valence-electron chi connectivity index (χ3n) is 6.44. The minimum atomic E-state index is -0.697. The van der Waals surface area contributed by atoms with Crippen LogP contribution in [0.5, 0.6) is 0 Å². The molecule has 1 aliphatic rings. The molecule has 0 radical (unpaired) electrons. The Morgan fingerprint density at radius 1 is 1.09 bits per heavy atom. The zero-order chi connectivity index (χ0) is 24.7. The normalized spacial score (nSPS) is 14.9. The number of fused-ring (bicyclic) bond motifs is 1. The van der Waals surface area contributed by atoms with Gasteiger partial charge in [0.1, 0.15) is 11.6 Å². The molecule has 5 rings (SSSR count). The number of nitrogens with one attached hydrogen (secondary N) is 1. The summed E-state index contributed by atoms with van der Waals surface area (Å²) >= 11 is 1.30. The van der Waals surface area contributed by atoms with E-state index in [-0.39, 0.29) is 5.91 Å². The van der Waals surface area contributed by atoms with Gasteiger partial charge in [0.2, 0.25) is 11.9 Å². The minimum Gasteiger partial charge on any atom is -0.341 e. The Balaban J connectivity index is 1.33. The van der Waals surface area contributed by atoms with E-state index in [4.69, 9.17) is 0 Å². The van der Waals surface area contributed by atoms with Gasteiger partial charge in [-0.2, -0.15) is 0 Å². The number of nitrogens with zero attached hydrogens (tertiary/aromatic N) is 7. The zero-order valence-corrected chi connectivity index (χ0v) is 20.6. The molecule has 0 aliphatic carbocycles. The van der Waals surface area contributed by atoms with Crippen LogP contribution in [0.3, 0.4) is 0 Å². The summed E-state index contributed by atoms with van der Waals surface area (Å²) in [5.41, 5.74) is 1.36. The van der Waals surface area contributed by atoms with Gasteiger partial charge >= 0.3 is 5.69 Å². The molecule has 12 heteroatoms. The Hall–Kier alpha value is -3.80. The van der Waals surface area contributed by atoms with Crippen molar-refractivity contribution in [2.45, 2.75) is 32.2 Å². The van der Waals surface area contributed by atoms with Gasteiger partial charge in [-0.25, -0.2) is 19.7 Å². The molecule has 0 bridgehead atoms. The first-order valence-electron chi connectivity index (χ1n) is 11.5. The van der Waals surface area contributed by atoms with Crippen molar-refractivity contribution in [2.75, 3.05) is 23.3 Å². The minimum absolute atomic E-state index is 0.294. The molecule has 4 aromatic rings. The molecule has 1 amide bonds. The lowest BCUT2D eigenvalue weighted by Gasteiger charge is -2.26. The second-order valence-electron chi connectivity index (χ2n) is 8.69. The van der Waals surface area contributed by atoms with Crippen LogP contribution in [0.25, 0.3) is 22.3 Å². The Kier molecular flexibility index (Phi) is 5.97. The molecular formula is C23H26N8O3S. The molecular weight excluding hydrogens is 468 g/mol. The van der Waals surface area contributed by atoms with E-state index >= 15 is 0 Å². The van der Waals surface area contributed by atoms with E-state index in [0.29, 0.717) is 21.9 Å². The summed E-state index contributed by atoms with van der Waals surface area (Å²) in [7, 11) is 3.02. The highest BCUT2D eigenvalue weighted by Crippen LogP contribution is 2.26. The first kappa shape index (κ1) is 23.0. The monoisotopic (exact) mass is 494 g/mol. The van der Waals surface area contributed by atoms with Gasteiger partial charge in [0.05, 0.1) is 11.2 Å². The molecule has 0 saturated carbocycles. The number of amides is 1. The smallest absolute Gasteiger partial charge is 0.331 e. The van der Waals surface area contributed by atoms with E-state index in [1.54, 1.807) is 43.2 Å². The maximum Gasteiger partial charge on any atom is 0.331 e. The van der Waals surface area contributed by atoms with Crippen molar-refractivity contribution in [3.05, 3.63) is 50.9 Å². The summed E-state index contributed by atoms with van der Waals surface area (Å²) in [6, 6.07) is 0.967. The maximum absolute atomic E-state index is 13.0. The number of hydrogen-bond acceptors (Lipinski definition) is 8. The van der Waals surface area contributed by atoms with Gasteiger partial charge in [0.25, 0.3) is 5.56 Å². The molecule has 1 atom stereocenters. The summed E-state index contributed by atoms with van der Waals surface area (Å²) in [5.74, 6) is 0.407. The quantitative estimate of drug-likeness (QED) is 0.451. The fourth-order valence-electron chi connectivity index (χ4n) is 4.33. The summed E-state index contributed by atoms with van der Waals surface area (Å²) in [4.78, 5) is 53.6. The van der Waals surface area contributed by atoms with Crippen molar-refractivity contribution in [2.24, 2.45) is 14.1 Å². The predicted octanol–water partition coefficient (Wildman–Crippen LogP) is 2.14. The van der Waals surface area contributed by atoms with Gasteiger partial charge in [-0.3, -0.25) is 18.7 Å². The van der Waals surface area contributed by atoms with Crippen LogP contribution in [0.4, 0.5) is 11.1 Å². The number of carbonyl (C=O) groups is 1. The van der Waals surface area contributed by atoms with Crippen LogP contribution in [-0.4, -0.2) is 47.6 Å². The van der Waals surface area contributed by atoms with Crippen LogP contribution in [0.1, 0.15) is 32.2 Å². The topological polar surface area (TPSA) is 120 Å². The molecule has 0 aromatic carbocycles. The molecule has 4 aromatic heterocycles. The Morgan fingerprint density at radius 2 is 1.80 bits per heavy atom. The highest BCUT2D eigenvalue weighted by molar-refractivity contribution is 7.14. The maximum atomic E-state index is 13.0. The largest absolute Gasteiger partial charge is 0.341 e. The van der Waals surface area contributed by atoms with E-state index in [1.165, 1.54) is 29.4 Å². The van der Waals surface area contributed by atoms with Gasteiger partial charge in [0, 0.05) is 56.7 Å². The fraction of sp³-hybridized carbons (Fsp3) is 0.391. The Labute approximate surface area is 204 Å². The molecule has 1 unspecified atom stereocenters. The van der Waals surface area contributed by atoms with E-state index in [0.717, 1.165) is 42.0 Å². The number of piperidine rings is 1. The van der Waals surface area contributed by atoms with Gasteiger partial charge < -0.3 is 14.8 Å². The number of anilines is 2. The highest BCUT2D eigenvalue weighted by atomic mass is 32.1. The SMILES string of the molecule is CC(C(=O)Nc1nc(-c2cnc(N3CCCCC3)nc2)cs1)n1ccc2c1c(=O)n(C)c(=O)n2C. The number of thiazole rings is 1. The van der Waals surface area contributed by atoms with Crippen LogP contribution < -0.4 is 21.5 Å². The average Bonchev–Trinajstić information content (AvgIpc) is 3.54. The fourth-order valence-corrected chi connectivity index (χ4v) is 5.06. The average molecular weight is 495 g/mol. The molecule has 1 aliphatic heterocycles. The third-order valence-corrected chi connectivity index (χ3v) is 7.20. The second-order valence-corrected chi connectivity index (χ2v) is 9.54. The van der Waals surface area contributed by atoms with Crippen molar-refractivity contribution in [3.8, 4) is 11.3 Å². The summed E-state index contributed by atoms with van der Waals surface area (Å²) in [6.45, 7) is 3.65. The standard InChI is InChI=1S/C23H26N8O3S/c1-14(31-10-7-17-18(31)20(33)29(3)23(34)28(17)2)19(32)27-22-26-16(13-35-22)15-11-24-21(25-12-15)30-8-5-4-6-9-30/h7,10-14H,4-6,8-9H2,1-3H3,(H,26,27,32). The van der Waals surface area contributed by atoms with Crippen LogP contribution in [-0.2, 0) is 18.9 Å².